The molecule has 0 spiro atoms. The smallest absolute Gasteiger partial charge is 0.0237 e. The molecule has 1 fully saturated rings. The van der Waals surface area contributed by atoms with Gasteiger partial charge in [-0.3, -0.25) is 4.90 Å². The maximum absolute atomic E-state index is 3.69. The lowest BCUT2D eigenvalue weighted by Crippen LogP contribution is -2.42. The van der Waals surface area contributed by atoms with E-state index in [0.717, 1.165) is 19.6 Å². The molecule has 0 amide bonds. The Morgan fingerprint density at radius 2 is 2.21 bits per heavy atom. The van der Waals surface area contributed by atoms with Gasteiger partial charge in [-0.15, -0.1) is 0 Å². The molecule has 0 bridgehead atoms. The molecule has 0 aromatic heterocycles. The summed E-state index contributed by atoms with van der Waals surface area (Å²) < 4.78 is 1.17. The van der Waals surface area contributed by atoms with E-state index < -0.39 is 0 Å². The second kappa shape index (κ2) is 6.87. The fourth-order valence-electron chi connectivity index (χ4n) is 2.69. The van der Waals surface area contributed by atoms with Crippen molar-refractivity contribution in [3.05, 3.63) is 34.3 Å². The van der Waals surface area contributed by atoms with Crippen LogP contribution in [-0.2, 0) is 6.54 Å². The van der Waals surface area contributed by atoms with Crippen molar-refractivity contribution >= 4 is 15.9 Å². The van der Waals surface area contributed by atoms with Crippen LogP contribution in [-0.4, -0.2) is 30.1 Å². The highest BCUT2D eigenvalue weighted by Crippen LogP contribution is 2.19. The standard InChI is InChI=1S/C16H25BrN2/c1-12(2)16-11-19(13(3)7-8-18-16)10-14-5-4-6-15(17)9-14/h4-6,9,12-13,16,18H,7-8,10-11H2,1-3H3. The van der Waals surface area contributed by atoms with Crippen LogP contribution in [0.2, 0.25) is 0 Å². The molecule has 0 aliphatic carbocycles. The number of rotatable bonds is 3. The maximum Gasteiger partial charge on any atom is 0.0237 e. The lowest BCUT2D eigenvalue weighted by molar-refractivity contribution is 0.184. The van der Waals surface area contributed by atoms with E-state index in [1.165, 1.54) is 16.5 Å². The van der Waals surface area contributed by atoms with Crippen molar-refractivity contribution in [3.8, 4) is 0 Å². The monoisotopic (exact) mass is 324 g/mol. The second-order valence-electron chi connectivity index (χ2n) is 6.00. The van der Waals surface area contributed by atoms with Gasteiger partial charge in [-0.1, -0.05) is 41.9 Å². The van der Waals surface area contributed by atoms with Crippen molar-refractivity contribution in [2.24, 2.45) is 5.92 Å². The van der Waals surface area contributed by atoms with Crippen LogP contribution >= 0.6 is 15.9 Å². The third-order valence-corrected chi connectivity index (χ3v) is 4.60. The predicted molar refractivity (Wildman–Crippen MR) is 85.3 cm³/mol. The van der Waals surface area contributed by atoms with Gasteiger partial charge in [0.15, 0.2) is 0 Å². The summed E-state index contributed by atoms with van der Waals surface area (Å²) in [6.07, 6.45) is 1.23. The van der Waals surface area contributed by atoms with Crippen molar-refractivity contribution < 1.29 is 0 Å². The molecule has 2 unspecified atom stereocenters. The van der Waals surface area contributed by atoms with E-state index in [1.54, 1.807) is 0 Å². The first kappa shape index (κ1) is 15.0. The number of benzene rings is 1. The van der Waals surface area contributed by atoms with Crippen molar-refractivity contribution in [1.29, 1.82) is 0 Å². The van der Waals surface area contributed by atoms with E-state index in [9.17, 15) is 0 Å². The lowest BCUT2D eigenvalue weighted by Gasteiger charge is -2.30. The van der Waals surface area contributed by atoms with Crippen LogP contribution in [0.5, 0.6) is 0 Å². The highest BCUT2D eigenvalue weighted by Gasteiger charge is 2.24. The molecule has 2 rings (SSSR count). The highest BCUT2D eigenvalue weighted by molar-refractivity contribution is 9.10. The quantitative estimate of drug-likeness (QED) is 0.912. The molecule has 1 aliphatic heterocycles. The maximum atomic E-state index is 3.69. The topological polar surface area (TPSA) is 15.3 Å². The molecular formula is C16H25BrN2. The van der Waals surface area contributed by atoms with Gasteiger partial charge in [0, 0.05) is 29.6 Å². The van der Waals surface area contributed by atoms with Gasteiger partial charge in [-0.2, -0.15) is 0 Å². The Kier molecular flexibility index (Phi) is 5.43. The third-order valence-electron chi connectivity index (χ3n) is 4.10. The van der Waals surface area contributed by atoms with Gasteiger partial charge in [-0.25, -0.2) is 0 Å². The van der Waals surface area contributed by atoms with E-state index in [0.29, 0.717) is 18.0 Å². The predicted octanol–water partition coefficient (Wildman–Crippen LogP) is 3.66. The normalized spacial score (nSPS) is 25.5. The molecule has 0 saturated carbocycles. The van der Waals surface area contributed by atoms with Crippen LogP contribution in [0.25, 0.3) is 0 Å². The van der Waals surface area contributed by atoms with Gasteiger partial charge in [0.05, 0.1) is 0 Å². The first-order valence-corrected chi connectivity index (χ1v) is 8.07. The van der Waals surface area contributed by atoms with E-state index in [2.05, 4.69) is 71.2 Å². The Labute approximate surface area is 125 Å². The Morgan fingerprint density at radius 1 is 1.42 bits per heavy atom. The van der Waals surface area contributed by atoms with Crippen LogP contribution in [0.3, 0.4) is 0 Å². The molecule has 2 nitrogen and oxygen atoms in total. The molecule has 1 aromatic carbocycles. The zero-order chi connectivity index (χ0) is 13.8. The lowest BCUT2D eigenvalue weighted by atomic mass is 10.0. The summed E-state index contributed by atoms with van der Waals surface area (Å²) in [6, 6.07) is 9.93. The minimum Gasteiger partial charge on any atom is -0.312 e. The van der Waals surface area contributed by atoms with Crippen molar-refractivity contribution in [2.75, 3.05) is 13.1 Å². The fourth-order valence-corrected chi connectivity index (χ4v) is 3.14. The minimum absolute atomic E-state index is 0.608. The van der Waals surface area contributed by atoms with Crippen LogP contribution < -0.4 is 5.32 Å². The summed E-state index contributed by atoms with van der Waals surface area (Å²) >= 11 is 3.56. The van der Waals surface area contributed by atoms with E-state index in [1.807, 2.05) is 0 Å². The summed E-state index contributed by atoms with van der Waals surface area (Å²) in [7, 11) is 0. The summed E-state index contributed by atoms with van der Waals surface area (Å²) in [5.74, 6) is 0.690. The zero-order valence-corrected chi connectivity index (χ0v) is 13.8. The van der Waals surface area contributed by atoms with Crippen molar-refractivity contribution in [1.82, 2.24) is 10.2 Å². The Balaban J connectivity index is 2.07. The summed E-state index contributed by atoms with van der Waals surface area (Å²) in [4.78, 5) is 2.62. The van der Waals surface area contributed by atoms with Crippen molar-refractivity contribution in [2.45, 2.75) is 45.8 Å². The molecule has 0 radical (unpaired) electrons. The van der Waals surface area contributed by atoms with Gasteiger partial charge < -0.3 is 5.32 Å². The molecule has 1 N–H and O–H groups in total. The average molecular weight is 325 g/mol. The second-order valence-corrected chi connectivity index (χ2v) is 6.92. The number of nitrogens with one attached hydrogen (secondary N) is 1. The Bertz CT molecular complexity index is 405. The summed E-state index contributed by atoms with van der Waals surface area (Å²) in [6.45, 7) is 10.3. The molecular weight excluding hydrogens is 300 g/mol. The van der Waals surface area contributed by atoms with Gasteiger partial charge in [0.2, 0.25) is 0 Å². The molecule has 19 heavy (non-hydrogen) atoms. The van der Waals surface area contributed by atoms with Crippen LogP contribution in [0.4, 0.5) is 0 Å². The first-order valence-electron chi connectivity index (χ1n) is 7.28. The Morgan fingerprint density at radius 3 is 2.89 bits per heavy atom. The molecule has 1 saturated heterocycles. The molecule has 106 valence electrons. The van der Waals surface area contributed by atoms with E-state index in [4.69, 9.17) is 0 Å². The summed E-state index contributed by atoms with van der Waals surface area (Å²) in [5.41, 5.74) is 1.39. The van der Waals surface area contributed by atoms with Gasteiger partial charge in [-0.05, 0) is 43.5 Å². The summed E-state index contributed by atoms with van der Waals surface area (Å²) in [5, 5.41) is 3.69. The number of hydrogen-bond donors (Lipinski definition) is 1. The van der Waals surface area contributed by atoms with Crippen LogP contribution in [0, 0.1) is 5.92 Å². The van der Waals surface area contributed by atoms with Crippen molar-refractivity contribution in [3.63, 3.8) is 0 Å². The molecule has 1 aromatic rings. The largest absolute Gasteiger partial charge is 0.312 e. The fraction of sp³-hybridized carbons (Fsp3) is 0.625. The molecule has 1 heterocycles. The third kappa shape index (κ3) is 4.30. The van der Waals surface area contributed by atoms with E-state index >= 15 is 0 Å². The highest BCUT2D eigenvalue weighted by atomic mass is 79.9. The number of nitrogens with zero attached hydrogens (tertiary/aromatic N) is 1. The molecule has 1 aliphatic rings. The average Bonchev–Trinajstić information content (AvgIpc) is 2.52. The number of halogens is 1. The minimum atomic E-state index is 0.608. The zero-order valence-electron chi connectivity index (χ0n) is 12.2. The molecule has 2 atom stereocenters. The Hall–Kier alpha value is -0.380. The van der Waals surface area contributed by atoms with Gasteiger partial charge >= 0.3 is 0 Å². The van der Waals surface area contributed by atoms with E-state index in [-0.39, 0.29) is 0 Å². The van der Waals surface area contributed by atoms with Gasteiger partial charge in [0.1, 0.15) is 0 Å². The van der Waals surface area contributed by atoms with Crippen LogP contribution in [0.15, 0.2) is 28.7 Å². The SMILES string of the molecule is CC(C)C1CN(Cc2cccc(Br)c2)C(C)CCN1. The first-order chi connectivity index (χ1) is 9.06. The van der Waals surface area contributed by atoms with Crippen LogP contribution in [0.1, 0.15) is 32.8 Å². The van der Waals surface area contributed by atoms with Gasteiger partial charge in [0.25, 0.3) is 0 Å². The number of hydrogen-bond acceptors (Lipinski definition) is 2. The molecule has 3 heteroatoms.